The molecule has 0 bridgehead atoms. The fourth-order valence-corrected chi connectivity index (χ4v) is 1.75. The highest BCUT2D eigenvalue weighted by Crippen LogP contribution is 2.17. The van der Waals surface area contributed by atoms with Gasteiger partial charge in [0.2, 0.25) is 0 Å². The van der Waals surface area contributed by atoms with Gasteiger partial charge in [-0.05, 0) is 30.0 Å². The lowest BCUT2D eigenvalue weighted by molar-refractivity contribution is 0.0958. The summed E-state index contributed by atoms with van der Waals surface area (Å²) >= 11 is 1.73. The van der Waals surface area contributed by atoms with Gasteiger partial charge in [-0.1, -0.05) is 6.92 Å². The first-order valence-corrected chi connectivity index (χ1v) is 5.64. The van der Waals surface area contributed by atoms with Crippen molar-refractivity contribution in [3.8, 4) is 6.07 Å². The van der Waals surface area contributed by atoms with Crippen LogP contribution in [0.15, 0.2) is 29.2 Å². The van der Waals surface area contributed by atoms with Crippen LogP contribution in [0.4, 0.5) is 0 Å². The molecule has 0 saturated carbocycles. The zero-order valence-corrected chi connectivity index (χ0v) is 9.30. The molecule has 4 heteroatoms. The highest BCUT2D eigenvalue weighted by Gasteiger charge is 2.03. The van der Waals surface area contributed by atoms with Crippen LogP contribution < -0.4 is 5.32 Å². The molecule has 1 amide bonds. The molecule has 0 fully saturated rings. The largest absolute Gasteiger partial charge is 0.339 e. The summed E-state index contributed by atoms with van der Waals surface area (Å²) in [4.78, 5) is 12.6. The van der Waals surface area contributed by atoms with Crippen LogP contribution in [-0.4, -0.2) is 18.2 Å². The van der Waals surface area contributed by atoms with Crippen LogP contribution in [0.5, 0.6) is 0 Å². The molecule has 1 N–H and O–H groups in total. The standard InChI is InChI=1S/C11H12N2OS/c1-2-15-10-5-3-9(4-6-10)11(14)13-8-7-12/h3-6H,2,8H2,1H3,(H,13,14). The number of amides is 1. The van der Waals surface area contributed by atoms with Gasteiger partial charge >= 0.3 is 0 Å². The fraction of sp³-hybridized carbons (Fsp3) is 0.273. The Kier molecular flexibility index (Phi) is 4.72. The second-order valence-corrected chi connectivity index (χ2v) is 4.14. The summed E-state index contributed by atoms with van der Waals surface area (Å²) in [6.45, 7) is 2.13. The number of rotatable bonds is 4. The van der Waals surface area contributed by atoms with E-state index in [0.717, 1.165) is 10.6 Å². The van der Waals surface area contributed by atoms with Gasteiger partial charge in [0.05, 0.1) is 6.07 Å². The molecule has 0 aromatic heterocycles. The van der Waals surface area contributed by atoms with E-state index in [9.17, 15) is 4.79 Å². The third-order valence-electron chi connectivity index (χ3n) is 1.76. The number of hydrogen-bond acceptors (Lipinski definition) is 3. The topological polar surface area (TPSA) is 52.9 Å². The van der Waals surface area contributed by atoms with Crippen molar-refractivity contribution in [1.29, 1.82) is 5.26 Å². The third-order valence-corrected chi connectivity index (χ3v) is 2.65. The minimum Gasteiger partial charge on any atom is -0.339 e. The quantitative estimate of drug-likeness (QED) is 0.624. The minimum atomic E-state index is -0.204. The first-order chi connectivity index (χ1) is 7.27. The van der Waals surface area contributed by atoms with Crippen LogP contribution in [0, 0.1) is 11.3 Å². The highest BCUT2D eigenvalue weighted by molar-refractivity contribution is 7.99. The molecule has 78 valence electrons. The molecule has 1 aromatic rings. The number of nitriles is 1. The van der Waals surface area contributed by atoms with Crippen LogP contribution >= 0.6 is 11.8 Å². The van der Waals surface area contributed by atoms with Crippen molar-refractivity contribution in [2.75, 3.05) is 12.3 Å². The first-order valence-electron chi connectivity index (χ1n) is 4.66. The van der Waals surface area contributed by atoms with E-state index in [4.69, 9.17) is 5.26 Å². The van der Waals surface area contributed by atoms with E-state index in [1.165, 1.54) is 0 Å². The summed E-state index contributed by atoms with van der Waals surface area (Å²) in [5.74, 6) is 0.810. The zero-order valence-electron chi connectivity index (χ0n) is 8.49. The maximum atomic E-state index is 11.4. The van der Waals surface area contributed by atoms with Gasteiger partial charge in [-0.25, -0.2) is 0 Å². The molecule has 0 heterocycles. The van der Waals surface area contributed by atoms with Crippen molar-refractivity contribution in [1.82, 2.24) is 5.32 Å². The van der Waals surface area contributed by atoms with E-state index in [0.29, 0.717) is 5.56 Å². The monoisotopic (exact) mass is 220 g/mol. The molecule has 0 saturated heterocycles. The Labute approximate surface area is 93.5 Å². The second-order valence-electron chi connectivity index (χ2n) is 2.80. The van der Waals surface area contributed by atoms with Gasteiger partial charge in [0.25, 0.3) is 5.91 Å². The summed E-state index contributed by atoms with van der Waals surface area (Å²) in [6, 6.07) is 9.23. The van der Waals surface area contributed by atoms with Gasteiger partial charge in [-0.2, -0.15) is 5.26 Å². The van der Waals surface area contributed by atoms with Gasteiger partial charge in [0, 0.05) is 10.5 Å². The van der Waals surface area contributed by atoms with Gasteiger partial charge in [0.15, 0.2) is 0 Å². The molecule has 0 aliphatic rings. The van der Waals surface area contributed by atoms with Crippen molar-refractivity contribution < 1.29 is 4.79 Å². The highest BCUT2D eigenvalue weighted by atomic mass is 32.2. The van der Waals surface area contributed by atoms with E-state index < -0.39 is 0 Å². The summed E-state index contributed by atoms with van der Waals surface area (Å²) in [5.41, 5.74) is 0.589. The van der Waals surface area contributed by atoms with E-state index in [1.807, 2.05) is 18.2 Å². The Morgan fingerprint density at radius 3 is 2.67 bits per heavy atom. The maximum absolute atomic E-state index is 11.4. The van der Waals surface area contributed by atoms with Crippen molar-refractivity contribution in [3.05, 3.63) is 29.8 Å². The normalized spacial score (nSPS) is 9.33. The number of hydrogen-bond donors (Lipinski definition) is 1. The van der Waals surface area contributed by atoms with E-state index >= 15 is 0 Å². The smallest absolute Gasteiger partial charge is 0.252 e. The number of nitrogens with one attached hydrogen (secondary N) is 1. The van der Waals surface area contributed by atoms with Crippen LogP contribution in [0.3, 0.4) is 0 Å². The molecule has 15 heavy (non-hydrogen) atoms. The SMILES string of the molecule is CCSc1ccc(C(=O)NCC#N)cc1. The van der Waals surface area contributed by atoms with Crippen LogP contribution in [0.1, 0.15) is 17.3 Å². The minimum absolute atomic E-state index is 0.0459. The summed E-state index contributed by atoms with van der Waals surface area (Å²) < 4.78 is 0. The van der Waals surface area contributed by atoms with Gasteiger partial charge in [-0.15, -0.1) is 11.8 Å². The Morgan fingerprint density at radius 1 is 1.47 bits per heavy atom. The molecule has 0 aliphatic carbocycles. The lowest BCUT2D eigenvalue weighted by atomic mass is 10.2. The summed E-state index contributed by atoms with van der Waals surface area (Å²) in [5, 5.41) is 10.8. The van der Waals surface area contributed by atoms with Gasteiger partial charge < -0.3 is 5.32 Å². The molecule has 3 nitrogen and oxygen atoms in total. The number of benzene rings is 1. The van der Waals surface area contributed by atoms with Crippen LogP contribution in [0.25, 0.3) is 0 Å². The average Bonchev–Trinajstić information content (AvgIpc) is 2.27. The number of nitrogens with zero attached hydrogens (tertiary/aromatic N) is 1. The van der Waals surface area contributed by atoms with Crippen LogP contribution in [0.2, 0.25) is 0 Å². The lowest BCUT2D eigenvalue weighted by Crippen LogP contribution is -2.23. The molecule has 1 aromatic carbocycles. The molecule has 0 aliphatic heterocycles. The van der Waals surface area contributed by atoms with E-state index in [1.54, 1.807) is 23.9 Å². The average molecular weight is 220 g/mol. The number of carbonyl (C=O) groups excluding carboxylic acids is 1. The molecular weight excluding hydrogens is 208 g/mol. The fourth-order valence-electron chi connectivity index (χ4n) is 1.09. The Hall–Kier alpha value is -1.47. The van der Waals surface area contributed by atoms with Gasteiger partial charge in [0.1, 0.15) is 6.54 Å². The molecule has 0 radical (unpaired) electrons. The lowest BCUT2D eigenvalue weighted by Gasteiger charge is -2.02. The molecule has 0 spiro atoms. The predicted molar refractivity (Wildman–Crippen MR) is 60.8 cm³/mol. The van der Waals surface area contributed by atoms with Crippen molar-refractivity contribution in [3.63, 3.8) is 0 Å². The number of thioether (sulfide) groups is 1. The Balaban J connectivity index is 2.63. The Morgan fingerprint density at radius 2 is 2.13 bits per heavy atom. The van der Waals surface area contributed by atoms with Crippen molar-refractivity contribution in [2.24, 2.45) is 0 Å². The molecule has 0 atom stereocenters. The van der Waals surface area contributed by atoms with Crippen molar-refractivity contribution >= 4 is 17.7 Å². The van der Waals surface area contributed by atoms with Crippen molar-refractivity contribution in [2.45, 2.75) is 11.8 Å². The maximum Gasteiger partial charge on any atom is 0.252 e. The number of carbonyl (C=O) groups is 1. The summed E-state index contributed by atoms with van der Waals surface area (Å²) in [6.07, 6.45) is 0. The van der Waals surface area contributed by atoms with Crippen LogP contribution in [-0.2, 0) is 0 Å². The molecule has 0 unspecified atom stereocenters. The predicted octanol–water partition coefficient (Wildman–Crippen LogP) is 2.05. The second kappa shape index (κ2) is 6.10. The first kappa shape index (κ1) is 11.6. The summed E-state index contributed by atoms with van der Waals surface area (Å²) in [7, 11) is 0. The van der Waals surface area contributed by atoms with Gasteiger partial charge in [-0.3, -0.25) is 4.79 Å². The third kappa shape index (κ3) is 3.64. The Bertz CT molecular complexity index is 367. The van der Waals surface area contributed by atoms with E-state index in [2.05, 4.69) is 12.2 Å². The molecular formula is C11H12N2OS. The van der Waals surface area contributed by atoms with E-state index in [-0.39, 0.29) is 12.5 Å². The zero-order chi connectivity index (χ0) is 11.1. The molecule has 1 rings (SSSR count).